The molecule has 1 aromatic carbocycles. The van der Waals surface area contributed by atoms with Gasteiger partial charge in [-0.1, -0.05) is 5.16 Å². The van der Waals surface area contributed by atoms with Gasteiger partial charge in [0.15, 0.2) is 12.4 Å². The molecule has 0 saturated heterocycles. The van der Waals surface area contributed by atoms with E-state index in [-0.39, 0.29) is 36.2 Å². The summed E-state index contributed by atoms with van der Waals surface area (Å²) in [6.45, 7) is 2.96. The molecule has 11 heteroatoms. The van der Waals surface area contributed by atoms with Gasteiger partial charge in [-0.05, 0) is 31.2 Å². The molecule has 1 heterocycles. The number of aliphatic carboxylic acids is 1. The summed E-state index contributed by atoms with van der Waals surface area (Å²) in [6.07, 6.45) is -0.448. The third-order valence-electron chi connectivity index (χ3n) is 3.12. The van der Waals surface area contributed by atoms with E-state index in [4.69, 9.17) is 9.26 Å². The quantitative estimate of drug-likeness (QED) is 0.447. The van der Waals surface area contributed by atoms with Crippen molar-refractivity contribution in [2.45, 2.75) is 32.9 Å². The second-order valence-corrected chi connectivity index (χ2v) is 5.37. The molecule has 2 rings (SSSR count). The number of benzene rings is 1. The number of carboxylic acids is 1. The molecule has 0 unspecified atom stereocenters. The number of aryl methyl sites for hydroxylation is 1. The Balaban J connectivity index is 0.00000364. The van der Waals surface area contributed by atoms with Crippen LogP contribution < -0.4 is 50.0 Å². The summed E-state index contributed by atoms with van der Waals surface area (Å²) in [6, 6.07) is 5.00. The first-order chi connectivity index (χ1) is 12.3. The Bertz CT molecular complexity index is 792. The number of hydrogen-bond donors (Lipinski definition) is 2. The Morgan fingerprint density at radius 2 is 1.93 bits per heavy atom. The second kappa shape index (κ2) is 10.7. The van der Waals surface area contributed by atoms with Crippen LogP contribution in [0.3, 0.4) is 0 Å². The van der Waals surface area contributed by atoms with Crippen LogP contribution >= 0.6 is 0 Å². The predicted molar refractivity (Wildman–Crippen MR) is 85.7 cm³/mol. The van der Waals surface area contributed by atoms with Crippen LogP contribution in [0.2, 0.25) is 0 Å². The van der Waals surface area contributed by atoms with Crippen molar-refractivity contribution >= 4 is 23.5 Å². The maximum atomic E-state index is 11.9. The zero-order valence-electron chi connectivity index (χ0n) is 15.1. The summed E-state index contributed by atoms with van der Waals surface area (Å²) in [5, 5.41) is 19.2. The molecule has 0 aliphatic carbocycles. The van der Waals surface area contributed by atoms with Crippen LogP contribution in [0.25, 0.3) is 0 Å². The molecule has 0 radical (unpaired) electrons. The number of hydrogen-bond acceptors (Lipinski definition) is 8. The molecule has 2 N–H and O–H groups in total. The van der Waals surface area contributed by atoms with E-state index in [2.05, 4.69) is 20.8 Å². The van der Waals surface area contributed by atoms with E-state index in [9.17, 15) is 19.5 Å². The van der Waals surface area contributed by atoms with Crippen molar-refractivity contribution < 1.29 is 58.3 Å². The first-order valence-corrected chi connectivity index (χ1v) is 7.63. The van der Waals surface area contributed by atoms with Crippen molar-refractivity contribution in [1.82, 2.24) is 15.5 Å². The monoisotopic (exact) mass is 384 g/mol. The van der Waals surface area contributed by atoms with Gasteiger partial charge in [-0.2, -0.15) is 4.98 Å². The van der Waals surface area contributed by atoms with Gasteiger partial charge in [-0.25, -0.2) is 0 Å². The molecule has 10 nitrogen and oxygen atoms in total. The van der Waals surface area contributed by atoms with Crippen LogP contribution in [0.5, 0.6) is 5.75 Å². The number of anilines is 1. The van der Waals surface area contributed by atoms with Crippen molar-refractivity contribution in [1.29, 1.82) is 0 Å². The molecule has 0 aliphatic heterocycles. The van der Waals surface area contributed by atoms with E-state index in [1.54, 1.807) is 31.2 Å². The van der Waals surface area contributed by atoms with Gasteiger partial charge < -0.3 is 29.8 Å². The molecule has 0 spiro atoms. The molecule has 0 saturated carbocycles. The number of aromatic nitrogens is 2. The predicted octanol–water partition coefficient (Wildman–Crippen LogP) is -3.46. The van der Waals surface area contributed by atoms with E-state index in [1.807, 2.05) is 0 Å². The molecule has 1 aromatic heterocycles. The third-order valence-corrected chi connectivity index (χ3v) is 3.12. The van der Waals surface area contributed by atoms with Crippen LogP contribution in [0.4, 0.5) is 5.69 Å². The van der Waals surface area contributed by atoms with Crippen LogP contribution in [0.1, 0.15) is 25.1 Å². The minimum atomic E-state index is -1.53. The standard InChI is InChI=1S/C16H18N4O6.Na/c1-9-17-15(26-20-9)8-25-12-5-3-11(4-6-12)19-14(22)7-13(16(23)24)18-10(2)21;/h3-6,13H,7-8H2,1-2H3,(H,18,21)(H,19,22)(H,23,24);/q;+1/p-1/t13-;/m0./s1. The van der Waals surface area contributed by atoms with E-state index in [0.29, 0.717) is 23.2 Å². The van der Waals surface area contributed by atoms with Gasteiger partial charge in [0.25, 0.3) is 5.89 Å². The van der Waals surface area contributed by atoms with E-state index < -0.39 is 30.2 Å². The molecule has 0 aliphatic rings. The molecule has 0 bridgehead atoms. The Morgan fingerprint density at radius 3 is 2.44 bits per heavy atom. The van der Waals surface area contributed by atoms with Crippen LogP contribution in [0, 0.1) is 6.92 Å². The maximum Gasteiger partial charge on any atom is 1.00 e. The average molecular weight is 384 g/mol. The maximum absolute atomic E-state index is 11.9. The number of rotatable bonds is 8. The summed E-state index contributed by atoms with van der Waals surface area (Å²) < 4.78 is 10.4. The fourth-order valence-corrected chi connectivity index (χ4v) is 2.01. The number of carboxylic acid groups (broad SMARTS) is 1. The van der Waals surface area contributed by atoms with Crippen LogP contribution in [-0.4, -0.2) is 34.0 Å². The van der Waals surface area contributed by atoms with Crippen molar-refractivity contribution in [3.8, 4) is 5.75 Å². The van der Waals surface area contributed by atoms with Crippen molar-refractivity contribution in [2.24, 2.45) is 0 Å². The van der Waals surface area contributed by atoms with Crippen LogP contribution in [-0.2, 0) is 21.0 Å². The zero-order chi connectivity index (χ0) is 19.1. The summed E-state index contributed by atoms with van der Waals surface area (Å²) in [5.41, 5.74) is 0.441. The van der Waals surface area contributed by atoms with Crippen molar-refractivity contribution in [3.63, 3.8) is 0 Å². The molecule has 0 fully saturated rings. The number of carbonyl (C=O) groups is 3. The smallest absolute Gasteiger partial charge is 0.548 e. The molecular weight excluding hydrogens is 367 g/mol. The van der Waals surface area contributed by atoms with Crippen LogP contribution in [0.15, 0.2) is 28.8 Å². The average Bonchev–Trinajstić information content (AvgIpc) is 2.98. The minimum absolute atomic E-state index is 0. The number of ether oxygens (including phenoxy) is 1. The van der Waals surface area contributed by atoms with Gasteiger partial charge in [0.05, 0.1) is 18.4 Å². The summed E-state index contributed by atoms with van der Waals surface area (Å²) in [5.74, 6) is -1.31. The SMILES string of the molecule is CC(=O)N[C@@H](CC(=O)Nc1ccc(OCc2nc(C)no2)cc1)C(=O)[O-].[Na+]. The van der Waals surface area contributed by atoms with E-state index >= 15 is 0 Å². The zero-order valence-corrected chi connectivity index (χ0v) is 17.1. The van der Waals surface area contributed by atoms with Gasteiger partial charge in [-0.15, -0.1) is 0 Å². The third kappa shape index (κ3) is 7.77. The fourth-order valence-electron chi connectivity index (χ4n) is 2.01. The van der Waals surface area contributed by atoms with Gasteiger partial charge in [-0.3, -0.25) is 9.59 Å². The normalized spacial score (nSPS) is 11.0. The number of nitrogens with zero attached hydrogens (tertiary/aromatic N) is 2. The molecule has 1 atom stereocenters. The van der Waals surface area contributed by atoms with E-state index in [1.165, 1.54) is 0 Å². The Hall–Kier alpha value is -2.43. The molecule has 2 aromatic rings. The van der Waals surface area contributed by atoms with Gasteiger partial charge >= 0.3 is 29.6 Å². The molecule has 138 valence electrons. The number of nitrogens with one attached hydrogen (secondary N) is 2. The summed E-state index contributed by atoms with van der Waals surface area (Å²) >= 11 is 0. The first kappa shape index (κ1) is 22.6. The van der Waals surface area contributed by atoms with Crippen molar-refractivity contribution in [2.75, 3.05) is 5.32 Å². The van der Waals surface area contributed by atoms with Gasteiger partial charge in [0, 0.05) is 12.6 Å². The molecule has 2 amide bonds. The number of amides is 2. The molecule has 27 heavy (non-hydrogen) atoms. The summed E-state index contributed by atoms with van der Waals surface area (Å²) in [4.78, 5) is 37.8. The van der Waals surface area contributed by atoms with Crippen molar-refractivity contribution in [3.05, 3.63) is 36.0 Å². The minimum Gasteiger partial charge on any atom is -0.548 e. The second-order valence-electron chi connectivity index (χ2n) is 5.37. The summed E-state index contributed by atoms with van der Waals surface area (Å²) in [7, 11) is 0. The van der Waals surface area contributed by atoms with E-state index in [0.717, 1.165) is 6.92 Å². The fraction of sp³-hybridized carbons (Fsp3) is 0.312. The van der Waals surface area contributed by atoms with Gasteiger partial charge in [0.2, 0.25) is 11.8 Å². The molecular formula is C16H17N4NaO6. The Kier molecular flexibility index (Phi) is 8.92. The largest absolute Gasteiger partial charge is 1.00 e. The Morgan fingerprint density at radius 1 is 1.26 bits per heavy atom. The topological polar surface area (TPSA) is 146 Å². The van der Waals surface area contributed by atoms with Gasteiger partial charge in [0.1, 0.15) is 5.75 Å². The number of carbonyl (C=O) groups excluding carboxylic acids is 3. The Labute approximate surface area is 176 Å². The first-order valence-electron chi connectivity index (χ1n) is 7.63.